The van der Waals surface area contributed by atoms with Crippen LogP contribution in [0, 0.1) is 0 Å². The van der Waals surface area contributed by atoms with Crippen LogP contribution in [-0.2, 0) is 0 Å². The molecule has 0 aliphatic carbocycles. The molecule has 0 saturated carbocycles. The molecular weight excluding hydrogens is 208 g/mol. The average molecular weight is 224 g/mol. The minimum Gasteiger partial charge on any atom is -0.356 e. The Bertz CT molecular complexity index is 323. The van der Waals surface area contributed by atoms with Crippen molar-refractivity contribution in [1.29, 1.82) is 0 Å². The zero-order valence-corrected chi connectivity index (χ0v) is 9.70. The lowest BCUT2D eigenvalue weighted by atomic mass is 10.1. The van der Waals surface area contributed by atoms with Crippen LogP contribution in [0.15, 0.2) is 17.4 Å². The van der Waals surface area contributed by atoms with Crippen LogP contribution in [0.4, 0.5) is 5.82 Å². The SMILES string of the molecule is CSc1cc(N2CCC(N)CC2)ncn1. The van der Waals surface area contributed by atoms with Crippen molar-refractivity contribution in [2.24, 2.45) is 5.73 Å². The molecule has 1 aliphatic rings. The maximum atomic E-state index is 5.87. The third-order valence-corrected chi connectivity index (χ3v) is 3.34. The summed E-state index contributed by atoms with van der Waals surface area (Å²) in [5, 5.41) is 1.02. The largest absolute Gasteiger partial charge is 0.356 e. The fourth-order valence-corrected chi connectivity index (χ4v) is 2.12. The van der Waals surface area contributed by atoms with Crippen molar-refractivity contribution in [1.82, 2.24) is 9.97 Å². The van der Waals surface area contributed by atoms with Gasteiger partial charge in [0.05, 0.1) is 0 Å². The van der Waals surface area contributed by atoms with E-state index in [1.807, 2.05) is 12.3 Å². The van der Waals surface area contributed by atoms with Gasteiger partial charge >= 0.3 is 0 Å². The monoisotopic (exact) mass is 224 g/mol. The number of thioether (sulfide) groups is 1. The quantitative estimate of drug-likeness (QED) is 0.603. The van der Waals surface area contributed by atoms with Crippen LogP contribution >= 0.6 is 11.8 Å². The van der Waals surface area contributed by atoms with Gasteiger partial charge in [0.25, 0.3) is 0 Å². The van der Waals surface area contributed by atoms with E-state index >= 15 is 0 Å². The van der Waals surface area contributed by atoms with Crippen molar-refractivity contribution in [3.05, 3.63) is 12.4 Å². The van der Waals surface area contributed by atoms with E-state index in [0.717, 1.165) is 36.8 Å². The highest BCUT2D eigenvalue weighted by Gasteiger charge is 2.17. The number of hydrogen-bond acceptors (Lipinski definition) is 5. The van der Waals surface area contributed by atoms with Gasteiger partial charge < -0.3 is 10.6 Å². The summed E-state index contributed by atoms with van der Waals surface area (Å²) in [5.41, 5.74) is 5.87. The molecule has 15 heavy (non-hydrogen) atoms. The maximum Gasteiger partial charge on any atom is 0.133 e. The maximum absolute atomic E-state index is 5.87. The molecule has 2 heterocycles. The molecular formula is C10H16N4S. The molecule has 0 spiro atoms. The van der Waals surface area contributed by atoms with Crippen LogP contribution in [0.3, 0.4) is 0 Å². The molecule has 1 saturated heterocycles. The Hall–Kier alpha value is -0.810. The van der Waals surface area contributed by atoms with Crippen LogP contribution in [-0.4, -0.2) is 35.4 Å². The first-order chi connectivity index (χ1) is 7.29. The predicted octanol–water partition coefficient (Wildman–Crippen LogP) is 1.13. The average Bonchev–Trinajstić information content (AvgIpc) is 2.30. The standard InChI is InChI=1S/C10H16N4S/c1-15-10-6-9(12-7-13-10)14-4-2-8(11)3-5-14/h6-8H,2-5,11H2,1H3. The van der Waals surface area contributed by atoms with Crippen LogP contribution in [0.25, 0.3) is 0 Å². The van der Waals surface area contributed by atoms with E-state index in [4.69, 9.17) is 5.73 Å². The molecule has 2 N–H and O–H groups in total. The molecule has 0 amide bonds. The van der Waals surface area contributed by atoms with Crippen LogP contribution in [0.5, 0.6) is 0 Å². The van der Waals surface area contributed by atoms with E-state index in [2.05, 4.69) is 14.9 Å². The molecule has 0 atom stereocenters. The zero-order chi connectivity index (χ0) is 10.7. The number of nitrogens with two attached hydrogens (primary N) is 1. The van der Waals surface area contributed by atoms with Crippen molar-refractivity contribution in [3.63, 3.8) is 0 Å². The first-order valence-corrected chi connectivity index (χ1v) is 6.38. The van der Waals surface area contributed by atoms with E-state index in [1.54, 1.807) is 18.1 Å². The van der Waals surface area contributed by atoms with E-state index in [-0.39, 0.29) is 0 Å². The van der Waals surface area contributed by atoms with Crippen LogP contribution in [0.1, 0.15) is 12.8 Å². The van der Waals surface area contributed by atoms with E-state index in [0.29, 0.717) is 6.04 Å². The van der Waals surface area contributed by atoms with E-state index in [9.17, 15) is 0 Å². The van der Waals surface area contributed by atoms with Crippen molar-refractivity contribution < 1.29 is 0 Å². The Labute approximate surface area is 94.3 Å². The van der Waals surface area contributed by atoms with E-state index < -0.39 is 0 Å². The van der Waals surface area contributed by atoms with Gasteiger partial charge in [-0.05, 0) is 19.1 Å². The van der Waals surface area contributed by atoms with E-state index in [1.165, 1.54) is 0 Å². The van der Waals surface area contributed by atoms with Gasteiger partial charge in [0.1, 0.15) is 17.2 Å². The Morgan fingerprint density at radius 1 is 1.40 bits per heavy atom. The first kappa shape index (κ1) is 10.7. The summed E-state index contributed by atoms with van der Waals surface area (Å²) in [6, 6.07) is 2.41. The molecule has 5 heteroatoms. The second-order valence-corrected chi connectivity index (χ2v) is 4.57. The Kier molecular flexibility index (Phi) is 3.43. The molecule has 4 nitrogen and oxygen atoms in total. The summed E-state index contributed by atoms with van der Waals surface area (Å²) in [7, 11) is 0. The topological polar surface area (TPSA) is 55.0 Å². The molecule has 1 fully saturated rings. The normalized spacial score (nSPS) is 18.1. The first-order valence-electron chi connectivity index (χ1n) is 5.16. The molecule has 0 radical (unpaired) electrons. The lowest BCUT2D eigenvalue weighted by Gasteiger charge is -2.30. The number of piperidine rings is 1. The Balaban J connectivity index is 2.08. The lowest BCUT2D eigenvalue weighted by Crippen LogP contribution is -2.40. The lowest BCUT2D eigenvalue weighted by molar-refractivity contribution is 0.498. The number of anilines is 1. The molecule has 1 aliphatic heterocycles. The number of nitrogens with zero attached hydrogens (tertiary/aromatic N) is 3. The zero-order valence-electron chi connectivity index (χ0n) is 8.89. The van der Waals surface area contributed by atoms with Gasteiger partial charge in [-0.25, -0.2) is 9.97 Å². The van der Waals surface area contributed by atoms with Crippen molar-refractivity contribution >= 4 is 17.6 Å². The summed E-state index contributed by atoms with van der Waals surface area (Å²) in [6.45, 7) is 2.01. The smallest absolute Gasteiger partial charge is 0.133 e. The fraction of sp³-hybridized carbons (Fsp3) is 0.600. The summed E-state index contributed by atoms with van der Waals surface area (Å²) >= 11 is 1.65. The van der Waals surface area contributed by atoms with Gasteiger partial charge in [0.15, 0.2) is 0 Å². The molecule has 1 aromatic rings. The summed E-state index contributed by atoms with van der Waals surface area (Å²) in [5.74, 6) is 1.03. The molecule has 1 aromatic heterocycles. The number of aromatic nitrogens is 2. The highest BCUT2D eigenvalue weighted by Crippen LogP contribution is 2.20. The van der Waals surface area contributed by atoms with Crippen molar-refractivity contribution in [3.8, 4) is 0 Å². The summed E-state index contributed by atoms with van der Waals surface area (Å²) in [4.78, 5) is 10.7. The Morgan fingerprint density at radius 3 is 2.80 bits per heavy atom. The number of rotatable bonds is 2. The summed E-state index contributed by atoms with van der Waals surface area (Å²) in [6.07, 6.45) is 5.77. The van der Waals surface area contributed by atoms with Gasteiger partial charge in [-0.2, -0.15) is 0 Å². The molecule has 0 aromatic carbocycles. The molecule has 0 bridgehead atoms. The van der Waals surface area contributed by atoms with Crippen LogP contribution in [0.2, 0.25) is 0 Å². The molecule has 2 rings (SSSR count). The number of hydrogen-bond donors (Lipinski definition) is 1. The summed E-state index contributed by atoms with van der Waals surface area (Å²) < 4.78 is 0. The third-order valence-electron chi connectivity index (χ3n) is 2.70. The van der Waals surface area contributed by atoms with Gasteiger partial charge in [0, 0.05) is 25.2 Å². The van der Waals surface area contributed by atoms with Gasteiger partial charge in [0.2, 0.25) is 0 Å². The second kappa shape index (κ2) is 4.81. The van der Waals surface area contributed by atoms with Crippen molar-refractivity contribution in [2.75, 3.05) is 24.2 Å². The minimum atomic E-state index is 0.364. The third kappa shape index (κ3) is 2.60. The van der Waals surface area contributed by atoms with Gasteiger partial charge in [-0.3, -0.25) is 0 Å². The minimum absolute atomic E-state index is 0.364. The second-order valence-electron chi connectivity index (χ2n) is 3.74. The van der Waals surface area contributed by atoms with Crippen LogP contribution < -0.4 is 10.6 Å². The molecule has 82 valence electrons. The predicted molar refractivity (Wildman–Crippen MR) is 63.2 cm³/mol. The van der Waals surface area contributed by atoms with Gasteiger partial charge in [-0.1, -0.05) is 0 Å². The van der Waals surface area contributed by atoms with Crippen molar-refractivity contribution in [2.45, 2.75) is 23.9 Å². The highest BCUT2D eigenvalue weighted by molar-refractivity contribution is 7.98. The highest BCUT2D eigenvalue weighted by atomic mass is 32.2. The van der Waals surface area contributed by atoms with Gasteiger partial charge in [-0.15, -0.1) is 11.8 Å². The molecule has 0 unspecified atom stereocenters. The Morgan fingerprint density at radius 2 is 2.13 bits per heavy atom. The fourth-order valence-electron chi connectivity index (χ4n) is 1.74.